The van der Waals surface area contributed by atoms with Gasteiger partial charge in [0.05, 0.1) is 5.56 Å². The predicted octanol–water partition coefficient (Wildman–Crippen LogP) is 5.59. The van der Waals surface area contributed by atoms with Gasteiger partial charge in [-0.05, 0) is 41.9 Å². The van der Waals surface area contributed by atoms with Gasteiger partial charge in [0.1, 0.15) is 0 Å². The van der Waals surface area contributed by atoms with Crippen LogP contribution in [0.3, 0.4) is 0 Å². The summed E-state index contributed by atoms with van der Waals surface area (Å²) in [5.41, 5.74) is 0.221. The molecular formula is C22H30F3NO2. The number of likely N-dealkylation sites (tertiary alicyclic amines) is 1. The van der Waals surface area contributed by atoms with Gasteiger partial charge in [-0.2, -0.15) is 13.2 Å². The minimum absolute atomic E-state index is 0.119. The van der Waals surface area contributed by atoms with Crippen LogP contribution in [-0.2, 0) is 17.5 Å². The van der Waals surface area contributed by atoms with Gasteiger partial charge in [0, 0.05) is 26.1 Å². The highest BCUT2D eigenvalue weighted by atomic mass is 19.4. The Morgan fingerprint density at radius 3 is 2.21 bits per heavy atom. The first-order valence-electron chi connectivity index (χ1n) is 10.4. The Morgan fingerprint density at radius 1 is 1.00 bits per heavy atom. The van der Waals surface area contributed by atoms with Crippen molar-refractivity contribution >= 4 is 5.97 Å². The SMILES string of the molecule is O=C(O)C[C@H]1C[C@@H](C2CCCCCC2)CN(Cc2ccc(C(F)(F)F)cc2)C1. The lowest BCUT2D eigenvalue weighted by molar-refractivity contribution is -0.139. The van der Waals surface area contributed by atoms with Crippen LogP contribution in [-0.4, -0.2) is 29.1 Å². The van der Waals surface area contributed by atoms with Gasteiger partial charge in [0.2, 0.25) is 0 Å². The van der Waals surface area contributed by atoms with Gasteiger partial charge in [-0.1, -0.05) is 50.7 Å². The first kappa shape index (κ1) is 21.2. The van der Waals surface area contributed by atoms with E-state index in [9.17, 15) is 23.1 Å². The summed E-state index contributed by atoms with van der Waals surface area (Å²) in [5, 5.41) is 9.27. The van der Waals surface area contributed by atoms with E-state index in [4.69, 9.17) is 0 Å². The number of piperidine rings is 1. The molecule has 2 atom stereocenters. The number of aliphatic carboxylic acids is 1. The fraction of sp³-hybridized carbons (Fsp3) is 0.682. The molecule has 0 aromatic heterocycles. The topological polar surface area (TPSA) is 40.5 Å². The fourth-order valence-electron chi connectivity index (χ4n) is 5.05. The van der Waals surface area contributed by atoms with Crippen LogP contribution >= 0.6 is 0 Å². The van der Waals surface area contributed by atoms with Crippen LogP contribution in [0.1, 0.15) is 62.5 Å². The minimum atomic E-state index is -4.32. The maximum Gasteiger partial charge on any atom is 0.416 e. The molecule has 156 valence electrons. The van der Waals surface area contributed by atoms with Crippen LogP contribution in [0, 0.1) is 17.8 Å². The highest BCUT2D eigenvalue weighted by Crippen LogP contribution is 2.37. The molecular weight excluding hydrogens is 367 g/mol. The molecule has 3 nitrogen and oxygen atoms in total. The van der Waals surface area contributed by atoms with Crippen molar-refractivity contribution in [3.63, 3.8) is 0 Å². The molecule has 1 heterocycles. The van der Waals surface area contributed by atoms with Crippen molar-refractivity contribution in [3.8, 4) is 0 Å². The van der Waals surface area contributed by atoms with Gasteiger partial charge in [-0.3, -0.25) is 9.69 Å². The summed E-state index contributed by atoms with van der Waals surface area (Å²) in [6.45, 7) is 2.20. The van der Waals surface area contributed by atoms with E-state index in [2.05, 4.69) is 4.90 Å². The molecule has 2 fully saturated rings. The number of halogens is 3. The van der Waals surface area contributed by atoms with E-state index in [0.717, 1.165) is 30.7 Å². The monoisotopic (exact) mass is 397 g/mol. The van der Waals surface area contributed by atoms with Gasteiger partial charge in [0.25, 0.3) is 0 Å². The maximum absolute atomic E-state index is 12.8. The van der Waals surface area contributed by atoms with E-state index >= 15 is 0 Å². The molecule has 28 heavy (non-hydrogen) atoms. The number of hydrogen-bond donors (Lipinski definition) is 1. The van der Waals surface area contributed by atoms with Crippen molar-refractivity contribution in [3.05, 3.63) is 35.4 Å². The zero-order chi connectivity index (χ0) is 20.1. The highest BCUT2D eigenvalue weighted by molar-refractivity contribution is 5.67. The maximum atomic E-state index is 12.8. The number of hydrogen-bond acceptors (Lipinski definition) is 2. The third-order valence-corrected chi connectivity index (χ3v) is 6.36. The molecule has 1 aromatic rings. The zero-order valence-corrected chi connectivity index (χ0v) is 16.3. The quantitative estimate of drug-likeness (QED) is 0.659. The molecule has 3 rings (SSSR count). The van der Waals surface area contributed by atoms with Crippen LogP contribution in [0.25, 0.3) is 0 Å². The van der Waals surface area contributed by atoms with Crippen LogP contribution in [0.15, 0.2) is 24.3 Å². The molecule has 6 heteroatoms. The lowest BCUT2D eigenvalue weighted by atomic mass is 9.76. The van der Waals surface area contributed by atoms with Crippen LogP contribution in [0.4, 0.5) is 13.2 Å². The molecule has 1 N–H and O–H groups in total. The minimum Gasteiger partial charge on any atom is -0.481 e. The average Bonchev–Trinajstić information content (AvgIpc) is 2.90. The van der Waals surface area contributed by atoms with Gasteiger partial charge in [-0.15, -0.1) is 0 Å². The second-order valence-electron chi connectivity index (χ2n) is 8.60. The Bertz CT molecular complexity index is 636. The third kappa shape index (κ3) is 5.97. The summed E-state index contributed by atoms with van der Waals surface area (Å²) in [6.07, 6.45) is 4.34. The zero-order valence-electron chi connectivity index (χ0n) is 16.3. The number of nitrogens with zero attached hydrogens (tertiary/aromatic N) is 1. The van der Waals surface area contributed by atoms with E-state index in [1.807, 2.05) is 0 Å². The molecule has 1 aliphatic heterocycles. The van der Waals surface area contributed by atoms with Gasteiger partial charge in [0.15, 0.2) is 0 Å². The Morgan fingerprint density at radius 2 is 1.64 bits per heavy atom. The number of benzene rings is 1. The Hall–Kier alpha value is -1.56. The average molecular weight is 397 g/mol. The number of carboxylic acid groups (broad SMARTS) is 1. The van der Waals surface area contributed by atoms with Crippen molar-refractivity contribution in [2.75, 3.05) is 13.1 Å². The molecule has 1 aliphatic carbocycles. The molecule has 0 unspecified atom stereocenters. The molecule has 2 aliphatic rings. The van der Waals surface area contributed by atoms with Crippen molar-refractivity contribution < 1.29 is 23.1 Å². The number of alkyl halides is 3. The summed E-state index contributed by atoms with van der Waals surface area (Å²) < 4.78 is 38.3. The number of carboxylic acids is 1. The van der Waals surface area contributed by atoms with E-state index in [-0.39, 0.29) is 12.3 Å². The summed E-state index contributed by atoms with van der Waals surface area (Å²) in [5.74, 6) is 0.495. The fourth-order valence-corrected chi connectivity index (χ4v) is 5.05. The normalized spacial score (nSPS) is 25.4. The van der Waals surface area contributed by atoms with Crippen molar-refractivity contribution in [1.29, 1.82) is 0 Å². The molecule has 0 radical (unpaired) electrons. The van der Waals surface area contributed by atoms with Crippen molar-refractivity contribution in [2.24, 2.45) is 17.8 Å². The van der Waals surface area contributed by atoms with Gasteiger partial charge in [-0.25, -0.2) is 0 Å². The van der Waals surface area contributed by atoms with E-state index in [1.54, 1.807) is 12.1 Å². The second-order valence-corrected chi connectivity index (χ2v) is 8.60. The van der Waals surface area contributed by atoms with E-state index in [1.165, 1.54) is 38.5 Å². The van der Waals surface area contributed by atoms with E-state index in [0.29, 0.717) is 24.9 Å². The Kier molecular flexibility index (Phi) is 7.02. The Balaban J connectivity index is 1.68. The molecule has 0 bridgehead atoms. The summed E-state index contributed by atoms with van der Waals surface area (Å²) in [4.78, 5) is 13.5. The molecule has 1 saturated carbocycles. The van der Waals surface area contributed by atoms with Crippen LogP contribution in [0.2, 0.25) is 0 Å². The standard InChI is InChI=1S/C22H30F3NO2/c23-22(24,25)20-9-7-16(8-10-20)13-26-14-17(12-21(27)28)11-19(15-26)18-5-3-1-2-4-6-18/h7-10,17-19H,1-6,11-15H2,(H,27,28)/t17-,19-/m1/s1. The summed E-state index contributed by atoms with van der Waals surface area (Å²) >= 11 is 0. The molecule has 0 amide bonds. The first-order chi connectivity index (χ1) is 13.3. The van der Waals surface area contributed by atoms with Crippen LogP contribution in [0.5, 0.6) is 0 Å². The summed E-state index contributed by atoms with van der Waals surface area (Å²) in [7, 11) is 0. The lowest BCUT2D eigenvalue weighted by Crippen LogP contribution is -2.43. The van der Waals surface area contributed by atoms with Gasteiger partial charge >= 0.3 is 12.1 Å². The smallest absolute Gasteiger partial charge is 0.416 e. The van der Waals surface area contributed by atoms with Crippen molar-refractivity contribution in [2.45, 2.75) is 64.1 Å². The highest BCUT2D eigenvalue weighted by Gasteiger charge is 2.34. The van der Waals surface area contributed by atoms with Gasteiger partial charge < -0.3 is 5.11 Å². The largest absolute Gasteiger partial charge is 0.481 e. The molecule has 1 aromatic carbocycles. The van der Waals surface area contributed by atoms with Crippen molar-refractivity contribution in [1.82, 2.24) is 4.90 Å². The van der Waals surface area contributed by atoms with Crippen LogP contribution < -0.4 is 0 Å². The second kappa shape index (κ2) is 9.29. The molecule has 0 spiro atoms. The summed E-state index contributed by atoms with van der Waals surface area (Å²) in [6, 6.07) is 5.36. The lowest BCUT2D eigenvalue weighted by Gasteiger charge is -2.41. The number of carbonyl (C=O) groups is 1. The molecule has 1 saturated heterocycles. The Labute approximate surface area is 164 Å². The third-order valence-electron chi connectivity index (χ3n) is 6.36. The first-order valence-corrected chi connectivity index (χ1v) is 10.4. The number of rotatable bonds is 5. The van der Waals surface area contributed by atoms with E-state index < -0.39 is 17.7 Å². The predicted molar refractivity (Wildman–Crippen MR) is 102 cm³/mol.